The average Bonchev–Trinajstić information content (AvgIpc) is 3.17. The van der Waals surface area contributed by atoms with Crippen molar-refractivity contribution < 1.29 is 4.79 Å². The summed E-state index contributed by atoms with van der Waals surface area (Å²) in [7, 11) is 0. The predicted octanol–water partition coefficient (Wildman–Crippen LogP) is 2.15. The molecule has 0 fully saturated rings. The molecule has 3 aromatic heterocycles. The molecule has 3 aromatic rings. The smallest absolute Gasteiger partial charge is 0.227 e. The van der Waals surface area contributed by atoms with E-state index in [1.807, 2.05) is 12.3 Å². The molecule has 0 unspecified atom stereocenters. The zero-order valence-corrected chi connectivity index (χ0v) is 12.3. The van der Waals surface area contributed by atoms with Gasteiger partial charge in [0.25, 0.3) is 0 Å². The summed E-state index contributed by atoms with van der Waals surface area (Å²) in [6.07, 6.45) is 7.13. The highest BCUT2D eigenvalue weighted by Crippen LogP contribution is 2.17. The standard InChI is InChI=1S/C14H13ClN6O/c15-11-3-1-6-16-14(11)21-10-4-12(19-21)18-13(22)5-9-20-8-2-7-17-20/h1-4,6-8,10H,5,9H2,(H,18,19,22). The van der Waals surface area contributed by atoms with Crippen LogP contribution < -0.4 is 5.32 Å². The number of carbonyl (C=O) groups excluding carboxylic acids is 1. The fourth-order valence-corrected chi connectivity index (χ4v) is 2.12. The van der Waals surface area contributed by atoms with Gasteiger partial charge in [-0.15, -0.1) is 5.10 Å². The van der Waals surface area contributed by atoms with Crippen molar-refractivity contribution in [3.63, 3.8) is 0 Å². The van der Waals surface area contributed by atoms with Crippen LogP contribution in [0.15, 0.2) is 49.1 Å². The van der Waals surface area contributed by atoms with Crippen LogP contribution in [-0.2, 0) is 11.3 Å². The van der Waals surface area contributed by atoms with Gasteiger partial charge < -0.3 is 5.32 Å². The van der Waals surface area contributed by atoms with E-state index in [4.69, 9.17) is 11.6 Å². The molecule has 1 amide bonds. The lowest BCUT2D eigenvalue weighted by Gasteiger charge is -2.03. The van der Waals surface area contributed by atoms with E-state index in [1.165, 1.54) is 4.68 Å². The van der Waals surface area contributed by atoms with Gasteiger partial charge in [0.15, 0.2) is 11.6 Å². The van der Waals surface area contributed by atoms with Crippen molar-refractivity contribution in [1.29, 1.82) is 0 Å². The van der Waals surface area contributed by atoms with Gasteiger partial charge in [-0.05, 0) is 18.2 Å². The molecule has 0 spiro atoms. The van der Waals surface area contributed by atoms with Gasteiger partial charge in [0, 0.05) is 43.8 Å². The molecule has 0 atom stereocenters. The molecule has 8 heteroatoms. The molecule has 0 saturated heterocycles. The number of halogens is 1. The Balaban J connectivity index is 1.62. The molecular weight excluding hydrogens is 304 g/mol. The second-order valence-electron chi connectivity index (χ2n) is 4.52. The predicted molar refractivity (Wildman–Crippen MR) is 81.8 cm³/mol. The molecule has 0 saturated carbocycles. The van der Waals surface area contributed by atoms with E-state index in [9.17, 15) is 4.79 Å². The number of pyridine rings is 1. The number of hydrogen-bond donors (Lipinski definition) is 1. The van der Waals surface area contributed by atoms with E-state index in [0.29, 0.717) is 29.6 Å². The van der Waals surface area contributed by atoms with Crippen LogP contribution in [0.1, 0.15) is 6.42 Å². The Morgan fingerprint density at radius 2 is 2.14 bits per heavy atom. The summed E-state index contributed by atoms with van der Waals surface area (Å²) < 4.78 is 3.22. The summed E-state index contributed by atoms with van der Waals surface area (Å²) >= 11 is 6.06. The van der Waals surface area contributed by atoms with Gasteiger partial charge in [0.05, 0.1) is 5.02 Å². The summed E-state index contributed by atoms with van der Waals surface area (Å²) in [5, 5.41) is 11.5. The highest BCUT2D eigenvalue weighted by molar-refractivity contribution is 6.32. The minimum Gasteiger partial charge on any atom is -0.309 e. The van der Waals surface area contributed by atoms with Crippen LogP contribution in [0.5, 0.6) is 0 Å². The highest BCUT2D eigenvalue weighted by atomic mass is 35.5. The molecule has 112 valence electrons. The fourth-order valence-electron chi connectivity index (χ4n) is 1.91. The molecule has 0 aliphatic heterocycles. The second-order valence-corrected chi connectivity index (χ2v) is 4.93. The molecule has 0 aromatic carbocycles. The van der Waals surface area contributed by atoms with Gasteiger partial charge in [-0.3, -0.25) is 9.48 Å². The Hall–Kier alpha value is -2.67. The summed E-state index contributed by atoms with van der Waals surface area (Å²) in [6.45, 7) is 0.519. The lowest BCUT2D eigenvalue weighted by molar-refractivity contribution is -0.116. The van der Waals surface area contributed by atoms with E-state index in [0.717, 1.165) is 0 Å². The zero-order valence-electron chi connectivity index (χ0n) is 11.6. The van der Waals surface area contributed by atoms with Crippen molar-refractivity contribution in [2.75, 3.05) is 5.32 Å². The number of amides is 1. The van der Waals surface area contributed by atoms with Crippen LogP contribution in [0, 0.1) is 0 Å². The molecule has 0 aliphatic carbocycles. The van der Waals surface area contributed by atoms with Crippen LogP contribution in [0.3, 0.4) is 0 Å². The first-order chi connectivity index (χ1) is 10.7. The quantitative estimate of drug-likeness (QED) is 0.782. The number of anilines is 1. The van der Waals surface area contributed by atoms with Crippen LogP contribution in [-0.4, -0.2) is 30.5 Å². The summed E-state index contributed by atoms with van der Waals surface area (Å²) in [5.74, 6) is 0.834. The van der Waals surface area contributed by atoms with E-state index in [1.54, 1.807) is 41.5 Å². The van der Waals surface area contributed by atoms with Crippen molar-refractivity contribution in [3.8, 4) is 5.82 Å². The summed E-state index contributed by atoms with van der Waals surface area (Å²) in [6, 6.07) is 6.98. The number of carbonyl (C=O) groups is 1. The number of aryl methyl sites for hydroxylation is 1. The molecule has 0 aliphatic rings. The van der Waals surface area contributed by atoms with Crippen molar-refractivity contribution in [2.45, 2.75) is 13.0 Å². The SMILES string of the molecule is O=C(CCn1cccn1)Nc1ccn(-c2ncccc2Cl)n1. The monoisotopic (exact) mass is 316 g/mol. The maximum atomic E-state index is 11.9. The van der Waals surface area contributed by atoms with Gasteiger partial charge in [-0.2, -0.15) is 5.10 Å². The highest BCUT2D eigenvalue weighted by Gasteiger charge is 2.08. The number of nitrogens with zero attached hydrogens (tertiary/aromatic N) is 5. The Morgan fingerprint density at radius 3 is 2.91 bits per heavy atom. The van der Waals surface area contributed by atoms with Gasteiger partial charge in [-0.25, -0.2) is 9.67 Å². The van der Waals surface area contributed by atoms with Crippen LogP contribution in [0.4, 0.5) is 5.82 Å². The van der Waals surface area contributed by atoms with Crippen LogP contribution in [0.25, 0.3) is 5.82 Å². The first-order valence-electron chi connectivity index (χ1n) is 6.66. The van der Waals surface area contributed by atoms with E-state index in [-0.39, 0.29) is 5.91 Å². The van der Waals surface area contributed by atoms with Gasteiger partial charge in [0.2, 0.25) is 5.91 Å². The zero-order chi connectivity index (χ0) is 15.4. The van der Waals surface area contributed by atoms with Gasteiger partial charge in [-0.1, -0.05) is 11.6 Å². The van der Waals surface area contributed by atoms with Crippen molar-refractivity contribution in [2.24, 2.45) is 0 Å². The van der Waals surface area contributed by atoms with Crippen molar-refractivity contribution in [1.82, 2.24) is 24.5 Å². The van der Waals surface area contributed by atoms with Gasteiger partial charge in [0.1, 0.15) is 0 Å². The first-order valence-corrected chi connectivity index (χ1v) is 7.04. The first kappa shape index (κ1) is 14.3. The Kier molecular flexibility index (Phi) is 4.15. The average molecular weight is 317 g/mol. The van der Waals surface area contributed by atoms with E-state index < -0.39 is 0 Å². The minimum absolute atomic E-state index is 0.132. The fraction of sp³-hybridized carbons (Fsp3) is 0.143. The number of rotatable bonds is 5. The van der Waals surface area contributed by atoms with Crippen LogP contribution >= 0.6 is 11.6 Å². The lowest BCUT2D eigenvalue weighted by Crippen LogP contribution is -2.15. The van der Waals surface area contributed by atoms with Gasteiger partial charge >= 0.3 is 0 Å². The number of aromatic nitrogens is 5. The Morgan fingerprint density at radius 1 is 1.23 bits per heavy atom. The maximum Gasteiger partial charge on any atom is 0.227 e. The summed E-state index contributed by atoms with van der Waals surface area (Å²) in [5.41, 5.74) is 0. The minimum atomic E-state index is -0.132. The Labute approximate surface area is 131 Å². The molecule has 3 heterocycles. The topological polar surface area (TPSA) is 77.6 Å². The molecule has 22 heavy (non-hydrogen) atoms. The van der Waals surface area contributed by atoms with Crippen molar-refractivity contribution >= 4 is 23.3 Å². The Bertz CT molecular complexity index is 767. The van der Waals surface area contributed by atoms with Crippen molar-refractivity contribution in [3.05, 3.63) is 54.1 Å². The molecular formula is C14H13ClN6O. The largest absolute Gasteiger partial charge is 0.309 e. The molecule has 0 bridgehead atoms. The van der Waals surface area contributed by atoms with E-state index in [2.05, 4.69) is 20.5 Å². The van der Waals surface area contributed by atoms with E-state index >= 15 is 0 Å². The maximum absolute atomic E-state index is 11.9. The normalized spacial score (nSPS) is 10.6. The third-order valence-corrected chi connectivity index (χ3v) is 3.23. The number of nitrogens with one attached hydrogen (secondary N) is 1. The summed E-state index contributed by atoms with van der Waals surface area (Å²) in [4.78, 5) is 16.0. The number of hydrogen-bond acceptors (Lipinski definition) is 4. The molecule has 7 nitrogen and oxygen atoms in total. The second kappa shape index (κ2) is 6.40. The molecule has 1 N–H and O–H groups in total. The third kappa shape index (κ3) is 3.32. The molecule has 0 radical (unpaired) electrons. The molecule has 3 rings (SSSR count). The lowest BCUT2D eigenvalue weighted by atomic mass is 10.4. The van der Waals surface area contributed by atoms with Crippen LogP contribution in [0.2, 0.25) is 5.02 Å². The third-order valence-electron chi connectivity index (χ3n) is 2.94.